The van der Waals surface area contributed by atoms with Crippen molar-refractivity contribution >= 4 is 17.3 Å². The fourth-order valence-electron chi connectivity index (χ4n) is 2.45. The first kappa shape index (κ1) is 12.7. The number of nitrogens with zero attached hydrogens (tertiary/aromatic N) is 2. The molecular formula is C16H17N3O. The van der Waals surface area contributed by atoms with Crippen molar-refractivity contribution in [2.24, 2.45) is 0 Å². The van der Waals surface area contributed by atoms with Gasteiger partial charge in [-0.05, 0) is 37.6 Å². The Hall–Kier alpha value is -2.36. The summed E-state index contributed by atoms with van der Waals surface area (Å²) in [5.41, 5.74) is 3.29. The lowest BCUT2D eigenvalue weighted by Gasteiger charge is -2.22. The zero-order valence-electron chi connectivity index (χ0n) is 11.5. The van der Waals surface area contributed by atoms with Crippen LogP contribution >= 0.6 is 0 Å². The summed E-state index contributed by atoms with van der Waals surface area (Å²) >= 11 is 0. The van der Waals surface area contributed by atoms with Gasteiger partial charge in [-0.1, -0.05) is 18.2 Å². The van der Waals surface area contributed by atoms with Crippen molar-refractivity contribution in [1.29, 1.82) is 0 Å². The summed E-state index contributed by atoms with van der Waals surface area (Å²) < 4.78 is 0. The van der Waals surface area contributed by atoms with E-state index in [-0.39, 0.29) is 5.91 Å². The number of para-hydroxylation sites is 2. The van der Waals surface area contributed by atoms with Gasteiger partial charge in [0.05, 0.1) is 11.4 Å². The summed E-state index contributed by atoms with van der Waals surface area (Å²) in [5, 5.41) is 3.36. The maximum absolute atomic E-state index is 12.7. The monoisotopic (exact) mass is 267 g/mol. The predicted molar refractivity (Wildman–Crippen MR) is 80.2 cm³/mol. The molecule has 1 amide bonds. The molecule has 102 valence electrons. The van der Waals surface area contributed by atoms with Crippen LogP contribution in [-0.2, 0) is 0 Å². The third kappa shape index (κ3) is 2.37. The Morgan fingerprint density at radius 2 is 2.05 bits per heavy atom. The van der Waals surface area contributed by atoms with Crippen LogP contribution in [0.15, 0.2) is 42.5 Å². The van der Waals surface area contributed by atoms with Crippen LogP contribution in [0.5, 0.6) is 0 Å². The molecule has 0 spiro atoms. The van der Waals surface area contributed by atoms with Gasteiger partial charge in [0.1, 0.15) is 5.69 Å². The molecule has 4 nitrogen and oxygen atoms in total. The number of pyridine rings is 1. The number of carbonyl (C=O) groups is 1. The lowest BCUT2D eigenvalue weighted by Crippen LogP contribution is -2.32. The molecule has 1 aliphatic rings. The van der Waals surface area contributed by atoms with Crippen LogP contribution < -0.4 is 10.2 Å². The molecule has 2 aromatic rings. The summed E-state index contributed by atoms with van der Waals surface area (Å²) in [6.07, 6.45) is 0.923. The molecule has 2 heterocycles. The summed E-state index contributed by atoms with van der Waals surface area (Å²) in [6, 6.07) is 13.5. The smallest absolute Gasteiger partial charge is 0.276 e. The second kappa shape index (κ2) is 5.33. The van der Waals surface area contributed by atoms with Gasteiger partial charge < -0.3 is 10.2 Å². The van der Waals surface area contributed by atoms with Gasteiger partial charge in [-0.2, -0.15) is 0 Å². The van der Waals surface area contributed by atoms with Gasteiger partial charge in [0.25, 0.3) is 5.91 Å². The molecule has 1 aromatic carbocycles. The van der Waals surface area contributed by atoms with Gasteiger partial charge >= 0.3 is 0 Å². The highest BCUT2D eigenvalue weighted by Gasteiger charge is 2.22. The predicted octanol–water partition coefficient (Wildman–Crippen LogP) is 2.85. The largest absolute Gasteiger partial charge is 0.383 e. The quantitative estimate of drug-likeness (QED) is 0.864. The van der Waals surface area contributed by atoms with Crippen LogP contribution in [0.2, 0.25) is 0 Å². The van der Waals surface area contributed by atoms with E-state index in [0.29, 0.717) is 12.2 Å². The second-order valence-electron chi connectivity index (χ2n) is 4.92. The average Bonchev–Trinajstić information content (AvgIpc) is 2.69. The number of hydrogen-bond acceptors (Lipinski definition) is 3. The van der Waals surface area contributed by atoms with Crippen molar-refractivity contribution in [3.8, 4) is 0 Å². The van der Waals surface area contributed by atoms with Crippen molar-refractivity contribution in [3.05, 3.63) is 53.9 Å². The maximum atomic E-state index is 12.7. The number of aryl methyl sites for hydroxylation is 1. The number of amides is 1. The van der Waals surface area contributed by atoms with E-state index in [2.05, 4.69) is 10.3 Å². The number of aromatic nitrogens is 1. The average molecular weight is 267 g/mol. The number of fused-ring (bicyclic) bond motifs is 1. The molecule has 1 N–H and O–H groups in total. The molecular weight excluding hydrogens is 250 g/mol. The van der Waals surface area contributed by atoms with Gasteiger partial charge in [-0.3, -0.25) is 4.79 Å². The second-order valence-corrected chi connectivity index (χ2v) is 4.92. The van der Waals surface area contributed by atoms with Crippen molar-refractivity contribution in [2.75, 3.05) is 23.3 Å². The van der Waals surface area contributed by atoms with Crippen LogP contribution in [0.3, 0.4) is 0 Å². The SMILES string of the molecule is Cc1cccc(C(=O)N2CCCNc3ccccc32)n1. The first-order chi connectivity index (χ1) is 9.75. The van der Waals surface area contributed by atoms with Crippen LogP contribution in [0.25, 0.3) is 0 Å². The van der Waals surface area contributed by atoms with E-state index >= 15 is 0 Å². The lowest BCUT2D eigenvalue weighted by molar-refractivity contribution is 0.0982. The molecule has 3 rings (SSSR count). The molecule has 0 radical (unpaired) electrons. The highest BCUT2D eigenvalue weighted by molar-refractivity contribution is 6.06. The van der Waals surface area contributed by atoms with E-state index < -0.39 is 0 Å². The van der Waals surface area contributed by atoms with Gasteiger partial charge in [0, 0.05) is 18.8 Å². The highest BCUT2D eigenvalue weighted by Crippen LogP contribution is 2.28. The normalized spacial score (nSPS) is 14.2. The van der Waals surface area contributed by atoms with E-state index in [1.807, 2.05) is 48.2 Å². The molecule has 0 saturated heterocycles. The third-order valence-electron chi connectivity index (χ3n) is 3.42. The standard InChI is InChI=1S/C16H17N3O/c1-12-6-4-8-14(18-12)16(20)19-11-5-10-17-13-7-2-3-9-15(13)19/h2-4,6-9,17H,5,10-11H2,1H3. The van der Waals surface area contributed by atoms with E-state index in [9.17, 15) is 4.79 Å². The first-order valence-corrected chi connectivity index (χ1v) is 6.84. The Labute approximate surface area is 118 Å². The van der Waals surface area contributed by atoms with Crippen molar-refractivity contribution in [1.82, 2.24) is 4.98 Å². The van der Waals surface area contributed by atoms with E-state index in [1.54, 1.807) is 6.07 Å². The fraction of sp³-hybridized carbons (Fsp3) is 0.250. The molecule has 0 unspecified atom stereocenters. The number of rotatable bonds is 1. The van der Waals surface area contributed by atoms with Crippen molar-refractivity contribution in [2.45, 2.75) is 13.3 Å². The highest BCUT2D eigenvalue weighted by atomic mass is 16.2. The Kier molecular flexibility index (Phi) is 3.37. The van der Waals surface area contributed by atoms with Gasteiger partial charge in [0.2, 0.25) is 0 Å². The molecule has 0 aliphatic carbocycles. The molecule has 20 heavy (non-hydrogen) atoms. The first-order valence-electron chi connectivity index (χ1n) is 6.84. The van der Waals surface area contributed by atoms with Gasteiger partial charge in [-0.15, -0.1) is 0 Å². The molecule has 0 bridgehead atoms. The minimum absolute atomic E-state index is 0.0372. The Bertz CT molecular complexity index is 639. The maximum Gasteiger partial charge on any atom is 0.276 e. The van der Waals surface area contributed by atoms with Gasteiger partial charge in [-0.25, -0.2) is 4.98 Å². The van der Waals surface area contributed by atoms with Crippen LogP contribution in [0.4, 0.5) is 11.4 Å². The zero-order chi connectivity index (χ0) is 13.9. The third-order valence-corrected chi connectivity index (χ3v) is 3.42. The number of benzene rings is 1. The summed E-state index contributed by atoms with van der Waals surface area (Å²) in [7, 11) is 0. The van der Waals surface area contributed by atoms with E-state index in [1.165, 1.54) is 0 Å². The summed E-state index contributed by atoms with van der Waals surface area (Å²) in [4.78, 5) is 18.9. The Morgan fingerprint density at radius 1 is 1.20 bits per heavy atom. The van der Waals surface area contributed by atoms with Crippen LogP contribution in [0.1, 0.15) is 22.6 Å². The number of anilines is 2. The van der Waals surface area contributed by atoms with Crippen molar-refractivity contribution in [3.63, 3.8) is 0 Å². The number of carbonyl (C=O) groups excluding carboxylic acids is 1. The molecule has 4 heteroatoms. The summed E-state index contributed by atoms with van der Waals surface area (Å²) in [6.45, 7) is 3.48. The molecule has 1 aromatic heterocycles. The topological polar surface area (TPSA) is 45.2 Å². The Balaban J connectivity index is 1.99. The van der Waals surface area contributed by atoms with Crippen LogP contribution in [0, 0.1) is 6.92 Å². The molecule has 1 aliphatic heterocycles. The minimum atomic E-state index is -0.0372. The number of hydrogen-bond donors (Lipinski definition) is 1. The Morgan fingerprint density at radius 3 is 2.90 bits per heavy atom. The lowest BCUT2D eigenvalue weighted by atomic mass is 10.2. The fourth-order valence-corrected chi connectivity index (χ4v) is 2.45. The van der Waals surface area contributed by atoms with E-state index in [4.69, 9.17) is 0 Å². The van der Waals surface area contributed by atoms with Crippen molar-refractivity contribution < 1.29 is 4.79 Å². The van der Waals surface area contributed by atoms with Crippen LogP contribution in [-0.4, -0.2) is 24.0 Å². The van der Waals surface area contributed by atoms with E-state index in [0.717, 1.165) is 30.0 Å². The summed E-state index contributed by atoms with van der Waals surface area (Å²) in [5.74, 6) is -0.0372. The van der Waals surface area contributed by atoms with Gasteiger partial charge in [0.15, 0.2) is 0 Å². The number of nitrogens with one attached hydrogen (secondary N) is 1. The minimum Gasteiger partial charge on any atom is -0.383 e. The molecule has 0 saturated carbocycles. The zero-order valence-corrected chi connectivity index (χ0v) is 11.5. The molecule has 0 atom stereocenters. The molecule has 0 fully saturated rings.